The third kappa shape index (κ3) is 3.62. The van der Waals surface area contributed by atoms with E-state index in [1.165, 1.54) is 4.57 Å². The Hall–Kier alpha value is -2.51. The number of rotatable bonds is 2. The number of carbonyl (C=O) groups excluding carboxylic acids is 1. The molecule has 3 heterocycles. The van der Waals surface area contributed by atoms with Crippen molar-refractivity contribution in [3.63, 3.8) is 0 Å². The van der Waals surface area contributed by atoms with Gasteiger partial charge in [0.2, 0.25) is 0 Å². The summed E-state index contributed by atoms with van der Waals surface area (Å²) in [7, 11) is 1.70. The first-order valence-electron chi connectivity index (χ1n) is 8.45. The molecule has 136 valence electrons. The topological polar surface area (TPSA) is 92.3 Å². The summed E-state index contributed by atoms with van der Waals surface area (Å²) >= 11 is 0. The average molecular weight is 347 g/mol. The van der Waals surface area contributed by atoms with Crippen molar-refractivity contribution in [3.8, 4) is 0 Å². The number of imidazole rings is 1. The van der Waals surface area contributed by atoms with Gasteiger partial charge >= 0.3 is 11.8 Å². The van der Waals surface area contributed by atoms with Gasteiger partial charge in [0, 0.05) is 25.8 Å². The maximum absolute atomic E-state index is 12.0. The van der Waals surface area contributed by atoms with Crippen LogP contribution in [0.4, 0.5) is 10.5 Å². The monoisotopic (exact) mass is 347 g/mol. The Bertz CT molecular complexity index is 862. The van der Waals surface area contributed by atoms with Crippen LogP contribution in [-0.4, -0.2) is 45.4 Å². The predicted octanol–water partition coefficient (Wildman–Crippen LogP) is 1.67. The quantitative estimate of drug-likeness (QED) is 0.862. The summed E-state index contributed by atoms with van der Waals surface area (Å²) in [6, 6.07) is 1.97. The van der Waals surface area contributed by atoms with Gasteiger partial charge < -0.3 is 19.9 Å². The van der Waals surface area contributed by atoms with Crippen molar-refractivity contribution in [1.29, 1.82) is 0 Å². The van der Waals surface area contributed by atoms with E-state index in [1.807, 2.05) is 33.8 Å². The molecule has 8 heteroatoms. The molecule has 0 radical (unpaired) electrons. The van der Waals surface area contributed by atoms with Crippen LogP contribution < -0.4 is 15.9 Å². The zero-order chi connectivity index (χ0) is 18.4. The fourth-order valence-electron chi connectivity index (χ4n) is 3.11. The number of aromatic nitrogens is 3. The fourth-order valence-corrected chi connectivity index (χ4v) is 3.11. The molecule has 8 nitrogen and oxygen atoms in total. The van der Waals surface area contributed by atoms with Gasteiger partial charge in [0.25, 0.3) is 0 Å². The van der Waals surface area contributed by atoms with Crippen molar-refractivity contribution in [1.82, 2.24) is 19.9 Å². The number of hydrogen-bond donors (Lipinski definition) is 2. The van der Waals surface area contributed by atoms with E-state index in [0.717, 1.165) is 29.9 Å². The maximum Gasteiger partial charge on any atom is 0.407 e. The number of hydrogen-bond acceptors (Lipinski definition) is 5. The molecule has 1 atom stereocenters. The third-order valence-electron chi connectivity index (χ3n) is 4.21. The Kier molecular flexibility index (Phi) is 4.22. The second-order valence-corrected chi connectivity index (χ2v) is 7.55. The summed E-state index contributed by atoms with van der Waals surface area (Å²) in [5.41, 5.74) is 2.46. The molecular weight excluding hydrogens is 322 g/mol. The number of anilines is 1. The van der Waals surface area contributed by atoms with Gasteiger partial charge in [0.05, 0.1) is 11.7 Å². The van der Waals surface area contributed by atoms with Crippen LogP contribution in [0.1, 0.15) is 32.9 Å². The summed E-state index contributed by atoms with van der Waals surface area (Å²) in [4.78, 5) is 33.4. The highest BCUT2D eigenvalue weighted by Gasteiger charge is 2.28. The fraction of sp³-hybridized carbons (Fsp3) is 0.588. The molecule has 0 saturated carbocycles. The predicted molar refractivity (Wildman–Crippen MR) is 96.1 cm³/mol. The second kappa shape index (κ2) is 6.09. The number of H-pyrrole nitrogens is 1. The number of aromatic amines is 1. The summed E-state index contributed by atoms with van der Waals surface area (Å²) in [5, 5.41) is 2.92. The Labute approximate surface area is 146 Å². The van der Waals surface area contributed by atoms with E-state index in [9.17, 15) is 9.59 Å². The van der Waals surface area contributed by atoms with Gasteiger partial charge in [-0.3, -0.25) is 4.57 Å². The maximum atomic E-state index is 12.0. The van der Waals surface area contributed by atoms with Crippen molar-refractivity contribution < 1.29 is 9.53 Å². The Morgan fingerprint density at radius 3 is 2.84 bits per heavy atom. The molecule has 1 fully saturated rings. The van der Waals surface area contributed by atoms with Crippen LogP contribution in [0.15, 0.2) is 10.9 Å². The standard InChI is InChI=1S/C17H25N5O3/c1-10-8-12(13-14(18-10)21(5)15(23)20-13)22-7-6-11(9-22)19-16(24)25-17(2,3)4/h8,11H,6-7,9H2,1-5H3,(H,19,24)(H,20,23)/t11-/m1/s1. The second-order valence-electron chi connectivity index (χ2n) is 7.55. The van der Waals surface area contributed by atoms with Crippen molar-refractivity contribution >= 4 is 22.9 Å². The minimum atomic E-state index is -0.514. The highest BCUT2D eigenvalue weighted by Crippen LogP contribution is 2.27. The number of alkyl carbamates (subject to hydrolysis) is 1. The van der Waals surface area contributed by atoms with E-state index in [2.05, 4.69) is 20.2 Å². The van der Waals surface area contributed by atoms with Crippen LogP contribution in [-0.2, 0) is 11.8 Å². The number of pyridine rings is 1. The SMILES string of the molecule is Cc1cc(N2CC[C@@H](NC(=O)OC(C)(C)C)C2)c2[nH]c(=O)n(C)c2n1. The molecule has 1 amide bonds. The van der Waals surface area contributed by atoms with E-state index in [0.29, 0.717) is 12.2 Å². The zero-order valence-electron chi connectivity index (χ0n) is 15.3. The van der Waals surface area contributed by atoms with Gasteiger partial charge in [-0.25, -0.2) is 14.6 Å². The molecule has 2 N–H and O–H groups in total. The van der Waals surface area contributed by atoms with Gasteiger partial charge in [0.1, 0.15) is 11.1 Å². The largest absolute Gasteiger partial charge is 0.444 e. The Morgan fingerprint density at radius 1 is 1.44 bits per heavy atom. The molecule has 0 aliphatic carbocycles. The van der Waals surface area contributed by atoms with Crippen LogP contribution in [0.3, 0.4) is 0 Å². The lowest BCUT2D eigenvalue weighted by molar-refractivity contribution is 0.0509. The molecule has 0 bridgehead atoms. The summed E-state index contributed by atoms with van der Waals surface area (Å²) in [6.07, 6.45) is 0.419. The zero-order valence-corrected chi connectivity index (χ0v) is 15.3. The number of ether oxygens (including phenoxy) is 1. The Morgan fingerprint density at radius 2 is 2.16 bits per heavy atom. The number of nitrogens with zero attached hydrogens (tertiary/aromatic N) is 3. The molecule has 0 aromatic carbocycles. The van der Waals surface area contributed by atoms with E-state index in [-0.39, 0.29) is 11.7 Å². The molecule has 2 aromatic heterocycles. The number of nitrogens with one attached hydrogen (secondary N) is 2. The van der Waals surface area contributed by atoms with Crippen molar-refractivity contribution in [3.05, 3.63) is 22.2 Å². The van der Waals surface area contributed by atoms with E-state index >= 15 is 0 Å². The first kappa shape index (κ1) is 17.3. The first-order chi connectivity index (χ1) is 11.6. The average Bonchev–Trinajstić information content (AvgIpc) is 3.03. The van der Waals surface area contributed by atoms with Crippen molar-refractivity contribution in [2.24, 2.45) is 7.05 Å². The summed E-state index contributed by atoms with van der Waals surface area (Å²) in [6.45, 7) is 8.89. The van der Waals surface area contributed by atoms with E-state index in [4.69, 9.17) is 4.74 Å². The van der Waals surface area contributed by atoms with Crippen molar-refractivity contribution in [2.45, 2.75) is 45.8 Å². The van der Waals surface area contributed by atoms with Gasteiger partial charge in [-0.2, -0.15) is 0 Å². The van der Waals surface area contributed by atoms with E-state index < -0.39 is 11.7 Å². The van der Waals surface area contributed by atoms with Crippen LogP contribution in [0.25, 0.3) is 11.2 Å². The number of amides is 1. The van der Waals surface area contributed by atoms with Crippen molar-refractivity contribution in [2.75, 3.05) is 18.0 Å². The molecule has 1 saturated heterocycles. The summed E-state index contributed by atoms with van der Waals surface area (Å²) < 4.78 is 6.83. The molecule has 1 aliphatic heterocycles. The van der Waals surface area contributed by atoms with Crippen LogP contribution >= 0.6 is 0 Å². The molecular formula is C17H25N5O3. The third-order valence-corrected chi connectivity index (χ3v) is 4.21. The molecule has 0 unspecified atom stereocenters. The minimum absolute atomic E-state index is 0.00815. The van der Waals surface area contributed by atoms with Crippen LogP contribution in [0, 0.1) is 6.92 Å². The van der Waals surface area contributed by atoms with Gasteiger partial charge in [-0.05, 0) is 40.2 Å². The van der Waals surface area contributed by atoms with Crippen LogP contribution in [0.5, 0.6) is 0 Å². The lowest BCUT2D eigenvalue weighted by Gasteiger charge is -2.22. The highest BCUT2D eigenvalue weighted by molar-refractivity contribution is 5.86. The molecule has 0 spiro atoms. The molecule has 3 rings (SSSR count). The van der Waals surface area contributed by atoms with Gasteiger partial charge in [-0.1, -0.05) is 0 Å². The number of fused-ring (bicyclic) bond motifs is 1. The lowest BCUT2D eigenvalue weighted by atomic mass is 10.2. The van der Waals surface area contributed by atoms with Gasteiger partial charge in [0.15, 0.2) is 5.65 Å². The number of aryl methyl sites for hydroxylation is 2. The van der Waals surface area contributed by atoms with Gasteiger partial charge in [-0.15, -0.1) is 0 Å². The summed E-state index contributed by atoms with van der Waals surface area (Å²) in [5.74, 6) is 0. The first-order valence-corrected chi connectivity index (χ1v) is 8.45. The smallest absolute Gasteiger partial charge is 0.407 e. The minimum Gasteiger partial charge on any atom is -0.444 e. The molecule has 1 aliphatic rings. The number of carbonyl (C=O) groups is 1. The Balaban J connectivity index is 1.79. The van der Waals surface area contributed by atoms with Crippen LogP contribution in [0.2, 0.25) is 0 Å². The molecule has 2 aromatic rings. The highest BCUT2D eigenvalue weighted by atomic mass is 16.6. The molecule has 25 heavy (non-hydrogen) atoms. The van der Waals surface area contributed by atoms with E-state index in [1.54, 1.807) is 7.05 Å². The lowest BCUT2D eigenvalue weighted by Crippen LogP contribution is -2.40. The normalized spacial score (nSPS) is 18.0.